The first-order chi connectivity index (χ1) is 6.09. The molecule has 0 aromatic heterocycles. The molecule has 5 nitrogen and oxygen atoms in total. The van der Waals surface area contributed by atoms with Crippen molar-refractivity contribution in [1.29, 1.82) is 0 Å². The van der Waals surface area contributed by atoms with E-state index in [1.165, 1.54) is 0 Å². The molecule has 0 radical (unpaired) electrons. The maximum absolute atomic E-state index is 9.52. The van der Waals surface area contributed by atoms with Gasteiger partial charge in [-0.15, -0.1) is 0 Å². The van der Waals surface area contributed by atoms with E-state index in [0.29, 0.717) is 6.42 Å². The van der Waals surface area contributed by atoms with Crippen LogP contribution in [0.15, 0.2) is 0 Å². The van der Waals surface area contributed by atoms with Gasteiger partial charge in [-0.25, -0.2) is 0 Å². The largest absolute Gasteiger partial charge is 0.387 e. The van der Waals surface area contributed by atoms with E-state index >= 15 is 0 Å². The lowest BCUT2D eigenvalue weighted by molar-refractivity contribution is -0.271. The molecule has 2 saturated heterocycles. The van der Waals surface area contributed by atoms with Gasteiger partial charge in [0.25, 0.3) is 0 Å². The Morgan fingerprint density at radius 1 is 1.08 bits per heavy atom. The van der Waals surface area contributed by atoms with Crippen LogP contribution in [0.3, 0.4) is 0 Å². The Morgan fingerprint density at radius 3 is 2.46 bits per heavy atom. The van der Waals surface area contributed by atoms with Crippen LogP contribution < -0.4 is 0 Å². The van der Waals surface area contributed by atoms with E-state index < -0.39 is 24.6 Å². The Hall–Kier alpha value is -0.200. The summed E-state index contributed by atoms with van der Waals surface area (Å²) in [5.41, 5.74) is 0. The summed E-state index contributed by atoms with van der Waals surface area (Å²) in [6.07, 6.45) is -3.79. The number of fused-ring (bicyclic) bond motifs is 1. The molecule has 0 aromatic rings. The molecule has 5 heteroatoms. The van der Waals surface area contributed by atoms with E-state index in [1.54, 1.807) is 0 Å². The molecule has 2 aliphatic heterocycles. The highest BCUT2D eigenvalue weighted by atomic mass is 16.7. The van der Waals surface area contributed by atoms with Gasteiger partial charge in [0.05, 0.1) is 12.2 Å². The van der Waals surface area contributed by atoms with Gasteiger partial charge < -0.3 is 24.8 Å². The van der Waals surface area contributed by atoms with Crippen molar-refractivity contribution in [3.63, 3.8) is 0 Å². The lowest BCUT2D eigenvalue weighted by Gasteiger charge is -2.36. The third-order valence-electron chi connectivity index (χ3n) is 2.61. The number of rotatable bonds is 0. The van der Waals surface area contributed by atoms with Crippen LogP contribution in [-0.2, 0) is 9.47 Å². The van der Waals surface area contributed by atoms with Gasteiger partial charge in [0.15, 0.2) is 6.29 Å². The summed E-state index contributed by atoms with van der Waals surface area (Å²) >= 11 is 0. The second-order valence-corrected chi connectivity index (χ2v) is 3.69. The van der Waals surface area contributed by atoms with E-state index in [0.717, 1.165) is 0 Å². The standard InChI is InChI=1S/C8H14O5/c1-3-2-4-7(12-3)5(9)6(10)8(11)13-4/h3-11H,2H2,1H3/t3-,4?,5-,6-,7-,8?/m1/s1. The highest BCUT2D eigenvalue weighted by Crippen LogP contribution is 2.32. The lowest BCUT2D eigenvalue weighted by atomic mass is 9.98. The van der Waals surface area contributed by atoms with Crippen molar-refractivity contribution in [2.75, 3.05) is 0 Å². The van der Waals surface area contributed by atoms with Crippen LogP contribution in [0.4, 0.5) is 0 Å². The number of aliphatic hydroxyl groups is 3. The zero-order chi connectivity index (χ0) is 9.59. The minimum atomic E-state index is -1.30. The number of hydrogen-bond acceptors (Lipinski definition) is 5. The molecule has 0 bridgehead atoms. The van der Waals surface area contributed by atoms with Crippen LogP contribution in [0.5, 0.6) is 0 Å². The third-order valence-corrected chi connectivity index (χ3v) is 2.61. The van der Waals surface area contributed by atoms with Crippen LogP contribution in [0.1, 0.15) is 13.3 Å². The minimum absolute atomic E-state index is 0.00199. The fraction of sp³-hybridized carbons (Fsp3) is 1.00. The number of ether oxygens (including phenoxy) is 2. The van der Waals surface area contributed by atoms with E-state index in [2.05, 4.69) is 0 Å². The second kappa shape index (κ2) is 3.18. The molecule has 0 saturated carbocycles. The first-order valence-corrected chi connectivity index (χ1v) is 4.44. The molecule has 3 N–H and O–H groups in total. The molecule has 6 atom stereocenters. The van der Waals surface area contributed by atoms with Crippen molar-refractivity contribution < 1.29 is 24.8 Å². The first-order valence-electron chi connectivity index (χ1n) is 4.44. The molecular weight excluding hydrogens is 176 g/mol. The number of aliphatic hydroxyl groups excluding tert-OH is 3. The summed E-state index contributed by atoms with van der Waals surface area (Å²) in [6.45, 7) is 1.87. The smallest absolute Gasteiger partial charge is 0.183 e. The molecule has 0 spiro atoms. The van der Waals surface area contributed by atoms with Crippen molar-refractivity contribution in [2.45, 2.75) is 50.2 Å². The van der Waals surface area contributed by atoms with Crippen LogP contribution in [-0.4, -0.2) is 52.1 Å². The maximum atomic E-state index is 9.52. The molecule has 13 heavy (non-hydrogen) atoms. The van der Waals surface area contributed by atoms with Gasteiger partial charge in [-0.2, -0.15) is 0 Å². The van der Waals surface area contributed by atoms with E-state index in [9.17, 15) is 15.3 Å². The quantitative estimate of drug-likeness (QED) is 0.438. The summed E-state index contributed by atoms with van der Waals surface area (Å²) < 4.78 is 10.4. The van der Waals surface area contributed by atoms with Crippen LogP contribution in [0, 0.1) is 0 Å². The molecule has 0 aromatic carbocycles. The van der Waals surface area contributed by atoms with Gasteiger partial charge in [-0.05, 0) is 6.92 Å². The normalized spacial score (nSPS) is 56.3. The Balaban J connectivity index is 2.11. The van der Waals surface area contributed by atoms with Crippen LogP contribution >= 0.6 is 0 Å². The predicted molar refractivity (Wildman–Crippen MR) is 41.8 cm³/mol. The van der Waals surface area contributed by atoms with Crippen molar-refractivity contribution in [1.82, 2.24) is 0 Å². The molecule has 2 rings (SSSR count). The van der Waals surface area contributed by atoms with Crippen LogP contribution in [0.25, 0.3) is 0 Å². The Bertz CT molecular complexity index is 195. The zero-order valence-corrected chi connectivity index (χ0v) is 7.33. The van der Waals surface area contributed by atoms with Gasteiger partial charge in [0.2, 0.25) is 0 Å². The van der Waals surface area contributed by atoms with Gasteiger partial charge >= 0.3 is 0 Å². The van der Waals surface area contributed by atoms with E-state index in [1.807, 2.05) is 6.92 Å². The fourth-order valence-electron chi connectivity index (χ4n) is 1.93. The van der Waals surface area contributed by atoms with Crippen molar-refractivity contribution in [2.24, 2.45) is 0 Å². The van der Waals surface area contributed by atoms with Gasteiger partial charge in [0, 0.05) is 6.42 Å². The fourth-order valence-corrected chi connectivity index (χ4v) is 1.93. The summed E-state index contributed by atoms with van der Waals surface area (Å²) in [5, 5.41) is 28.0. The number of hydrogen-bond donors (Lipinski definition) is 3. The molecule has 2 heterocycles. The van der Waals surface area contributed by atoms with Gasteiger partial charge in [-0.3, -0.25) is 0 Å². The topological polar surface area (TPSA) is 79.2 Å². The summed E-state index contributed by atoms with van der Waals surface area (Å²) in [6, 6.07) is 0. The Morgan fingerprint density at radius 2 is 1.77 bits per heavy atom. The molecular formula is C8H14O5. The van der Waals surface area contributed by atoms with E-state index in [-0.39, 0.29) is 12.2 Å². The predicted octanol–water partition coefficient (Wildman–Crippen LogP) is -1.40. The maximum Gasteiger partial charge on any atom is 0.183 e. The molecule has 0 amide bonds. The Kier molecular flexibility index (Phi) is 2.29. The highest BCUT2D eigenvalue weighted by Gasteiger charge is 2.48. The molecule has 76 valence electrons. The molecule has 0 aliphatic carbocycles. The molecule has 2 aliphatic rings. The molecule has 2 fully saturated rings. The zero-order valence-electron chi connectivity index (χ0n) is 7.33. The average Bonchev–Trinajstić information content (AvgIpc) is 2.42. The summed E-state index contributed by atoms with van der Waals surface area (Å²) in [7, 11) is 0. The second-order valence-electron chi connectivity index (χ2n) is 3.69. The monoisotopic (exact) mass is 190 g/mol. The van der Waals surface area contributed by atoms with Gasteiger partial charge in [0.1, 0.15) is 18.3 Å². The van der Waals surface area contributed by atoms with Gasteiger partial charge in [-0.1, -0.05) is 0 Å². The first kappa shape index (κ1) is 9.36. The van der Waals surface area contributed by atoms with E-state index in [4.69, 9.17) is 9.47 Å². The van der Waals surface area contributed by atoms with Crippen molar-refractivity contribution in [3.05, 3.63) is 0 Å². The van der Waals surface area contributed by atoms with Crippen molar-refractivity contribution >= 4 is 0 Å². The Labute approximate surface area is 75.9 Å². The SMILES string of the molecule is C[C@@H]1CC2OC(O)[C@H](O)[C@@H](O)[C@@H]2O1. The summed E-state index contributed by atoms with van der Waals surface area (Å²) in [5.74, 6) is 0. The van der Waals surface area contributed by atoms with Crippen LogP contribution in [0.2, 0.25) is 0 Å². The highest BCUT2D eigenvalue weighted by molar-refractivity contribution is 4.94. The molecule has 2 unspecified atom stereocenters. The average molecular weight is 190 g/mol. The minimum Gasteiger partial charge on any atom is -0.387 e. The summed E-state index contributed by atoms with van der Waals surface area (Å²) in [4.78, 5) is 0. The van der Waals surface area contributed by atoms with Crippen molar-refractivity contribution in [3.8, 4) is 0 Å². The third kappa shape index (κ3) is 1.47. The lowest BCUT2D eigenvalue weighted by Crippen LogP contribution is -2.55.